The summed E-state index contributed by atoms with van der Waals surface area (Å²) in [5.74, 6) is -0.147. The van der Waals surface area contributed by atoms with Crippen molar-refractivity contribution in [1.29, 1.82) is 0 Å². The van der Waals surface area contributed by atoms with E-state index >= 15 is 0 Å². The number of unbranched alkanes of at least 4 members (excludes halogenated alkanes) is 29. The normalized spacial score (nSPS) is 21.0. The molecule has 1 rings (SSSR count). The molecule has 1 heterocycles. The van der Waals surface area contributed by atoms with E-state index in [1.54, 1.807) is 0 Å². The SMILES string of the molecule is CCCCCCCCCCC/C=C\CCCCCCCCCC(=O)NC(COC1OC(CO)C(O)C(O)C1O)C(O)CCCCCCCCCCCCCCCC. The molecule has 0 spiro atoms. The summed E-state index contributed by atoms with van der Waals surface area (Å²) in [4.78, 5) is 13.0. The van der Waals surface area contributed by atoms with E-state index in [0.717, 1.165) is 38.5 Å². The van der Waals surface area contributed by atoms with Crippen molar-refractivity contribution < 1.29 is 39.8 Å². The zero-order valence-electron chi connectivity index (χ0n) is 37.1. The minimum absolute atomic E-state index is 0.136. The van der Waals surface area contributed by atoms with Crippen LogP contribution >= 0.6 is 0 Å². The largest absolute Gasteiger partial charge is 0.394 e. The summed E-state index contributed by atoms with van der Waals surface area (Å²) in [6, 6.07) is -0.717. The maximum Gasteiger partial charge on any atom is 0.220 e. The molecule has 6 N–H and O–H groups in total. The van der Waals surface area contributed by atoms with Gasteiger partial charge >= 0.3 is 0 Å². The first-order chi connectivity index (χ1) is 27.8. The second kappa shape index (κ2) is 39.1. The molecule has 9 nitrogen and oxygen atoms in total. The molecular weight excluding hydrogens is 719 g/mol. The van der Waals surface area contributed by atoms with Crippen molar-refractivity contribution in [2.75, 3.05) is 13.2 Å². The van der Waals surface area contributed by atoms with Crippen LogP contribution in [-0.4, -0.2) is 87.5 Å². The number of aliphatic hydroxyl groups excluding tert-OH is 5. The summed E-state index contributed by atoms with van der Waals surface area (Å²) in [6.45, 7) is 3.84. The van der Waals surface area contributed by atoms with Gasteiger partial charge in [0.25, 0.3) is 0 Å². The highest BCUT2D eigenvalue weighted by Gasteiger charge is 2.44. The molecule has 1 amide bonds. The molecule has 7 atom stereocenters. The Morgan fingerprint density at radius 1 is 0.579 bits per heavy atom. The van der Waals surface area contributed by atoms with Crippen molar-refractivity contribution in [3.8, 4) is 0 Å². The van der Waals surface area contributed by atoms with Crippen LogP contribution in [0, 0.1) is 0 Å². The number of ether oxygens (including phenoxy) is 2. The number of amides is 1. The van der Waals surface area contributed by atoms with E-state index in [4.69, 9.17) is 9.47 Å². The molecule has 0 aliphatic carbocycles. The van der Waals surface area contributed by atoms with Gasteiger partial charge in [-0.15, -0.1) is 0 Å². The summed E-state index contributed by atoms with van der Waals surface area (Å²) in [6.07, 6.45) is 37.9. The number of allylic oxidation sites excluding steroid dienone is 2. The molecule has 0 saturated carbocycles. The molecule has 1 fully saturated rings. The van der Waals surface area contributed by atoms with Crippen LogP contribution in [0.3, 0.4) is 0 Å². The smallest absolute Gasteiger partial charge is 0.220 e. The van der Waals surface area contributed by atoms with Crippen molar-refractivity contribution in [3.05, 3.63) is 12.2 Å². The lowest BCUT2D eigenvalue weighted by atomic mass is 9.99. The number of aliphatic hydroxyl groups is 5. The molecule has 0 aromatic rings. The third kappa shape index (κ3) is 29.7. The molecule has 1 aliphatic rings. The second-order valence-corrected chi connectivity index (χ2v) is 17.3. The lowest BCUT2D eigenvalue weighted by molar-refractivity contribution is -0.302. The molecule has 338 valence electrons. The molecule has 0 aromatic heterocycles. The fourth-order valence-electron chi connectivity index (χ4n) is 7.92. The van der Waals surface area contributed by atoms with Crippen LogP contribution in [-0.2, 0) is 14.3 Å². The van der Waals surface area contributed by atoms with Crippen LogP contribution in [0.25, 0.3) is 0 Å². The average molecular weight is 812 g/mol. The summed E-state index contributed by atoms with van der Waals surface area (Å²) in [5.41, 5.74) is 0. The number of hydrogen-bond donors (Lipinski definition) is 6. The van der Waals surface area contributed by atoms with Crippen molar-refractivity contribution >= 4 is 5.91 Å². The molecule has 0 bridgehead atoms. The molecule has 7 unspecified atom stereocenters. The maximum absolute atomic E-state index is 13.0. The molecule has 9 heteroatoms. The van der Waals surface area contributed by atoms with Crippen LogP contribution < -0.4 is 5.32 Å². The number of carbonyl (C=O) groups is 1. The highest BCUT2D eigenvalue weighted by atomic mass is 16.7. The number of nitrogens with one attached hydrogen (secondary N) is 1. The van der Waals surface area contributed by atoms with Gasteiger partial charge in [-0.1, -0.05) is 199 Å². The third-order valence-electron chi connectivity index (χ3n) is 11.9. The van der Waals surface area contributed by atoms with Gasteiger partial charge in [-0.25, -0.2) is 0 Å². The maximum atomic E-state index is 13.0. The Balaban J connectivity index is 2.28. The highest BCUT2D eigenvalue weighted by molar-refractivity contribution is 5.76. The highest BCUT2D eigenvalue weighted by Crippen LogP contribution is 2.23. The average Bonchev–Trinajstić information content (AvgIpc) is 3.21. The zero-order valence-corrected chi connectivity index (χ0v) is 37.1. The van der Waals surface area contributed by atoms with E-state index in [2.05, 4.69) is 31.3 Å². The van der Waals surface area contributed by atoms with Crippen LogP contribution in [0.1, 0.15) is 232 Å². The Morgan fingerprint density at radius 2 is 0.982 bits per heavy atom. The summed E-state index contributed by atoms with van der Waals surface area (Å²) < 4.78 is 11.3. The van der Waals surface area contributed by atoms with E-state index in [-0.39, 0.29) is 12.5 Å². The number of hydrogen-bond acceptors (Lipinski definition) is 8. The Labute approximate surface area is 350 Å². The summed E-state index contributed by atoms with van der Waals surface area (Å²) in [5, 5.41) is 54.4. The van der Waals surface area contributed by atoms with E-state index in [0.29, 0.717) is 12.8 Å². The Kier molecular flexibility index (Phi) is 37.0. The van der Waals surface area contributed by atoms with E-state index in [1.165, 1.54) is 167 Å². The van der Waals surface area contributed by atoms with E-state index < -0.39 is 49.5 Å². The van der Waals surface area contributed by atoms with Gasteiger partial charge in [-0.2, -0.15) is 0 Å². The predicted octanol–water partition coefficient (Wildman–Crippen LogP) is 10.5. The first-order valence-electron chi connectivity index (χ1n) is 24.4. The lowest BCUT2D eigenvalue weighted by Crippen LogP contribution is -2.60. The fraction of sp³-hybridized carbons (Fsp3) is 0.938. The first kappa shape index (κ1) is 53.9. The van der Waals surface area contributed by atoms with Crippen LogP contribution in [0.5, 0.6) is 0 Å². The molecule has 1 aliphatic heterocycles. The second-order valence-electron chi connectivity index (χ2n) is 17.3. The topological polar surface area (TPSA) is 149 Å². The van der Waals surface area contributed by atoms with Crippen LogP contribution in [0.15, 0.2) is 12.2 Å². The molecule has 57 heavy (non-hydrogen) atoms. The Bertz CT molecular complexity index is 904. The molecule has 1 saturated heterocycles. The van der Waals surface area contributed by atoms with E-state index in [1.807, 2.05) is 0 Å². The van der Waals surface area contributed by atoms with Gasteiger partial charge in [0.1, 0.15) is 24.4 Å². The Morgan fingerprint density at radius 3 is 1.42 bits per heavy atom. The standard InChI is InChI=1S/C48H93NO8/c1-3-5-7-9-11-13-15-17-19-20-21-22-23-24-26-28-30-32-34-36-38-44(52)49-41(40-56-48-47(55)46(54)45(53)43(39-50)57-48)42(51)37-35-33-31-29-27-25-18-16-14-12-10-8-6-4-2/h21-22,41-43,45-48,50-51,53-55H,3-20,23-40H2,1-2H3,(H,49,52)/b22-21-. The van der Waals surface area contributed by atoms with Gasteiger partial charge in [0, 0.05) is 6.42 Å². The van der Waals surface area contributed by atoms with Crippen molar-refractivity contribution in [2.24, 2.45) is 0 Å². The van der Waals surface area contributed by atoms with Gasteiger partial charge < -0.3 is 40.3 Å². The van der Waals surface area contributed by atoms with Gasteiger partial charge in [0.05, 0.1) is 25.4 Å². The number of carbonyl (C=O) groups excluding carboxylic acids is 1. The van der Waals surface area contributed by atoms with Crippen molar-refractivity contribution in [3.63, 3.8) is 0 Å². The monoisotopic (exact) mass is 812 g/mol. The molecular formula is C48H93NO8. The van der Waals surface area contributed by atoms with Gasteiger partial charge in [-0.3, -0.25) is 4.79 Å². The van der Waals surface area contributed by atoms with Gasteiger partial charge in [0.15, 0.2) is 6.29 Å². The van der Waals surface area contributed by atoms with Crippen LogP contribution in [0.4, 0.5) is 0 Å². The lowest BCUT2D eigenvalue weighted by Gasteiger charge is -2.40. The molecule has 0 aromatic carbocycles. The Hall–Kier alpha value is -1.07. The van der Waals surface area contributed by atoms with Crippen molar-refractivity contribution in [1.82, 2.24) is 5.32 Å². The third-order valence-corrected chi connectivity index (χ3v) is 11.9. The predicted molar refractivity (Wildman–Crippen MR) is 235 cm³/mol. The summed E-state index contributed by atoms with van der Waals surface area (Å²) >= 11 is 0. The minimum Gasteiger partial charge on any atom is -0.394 e. The summed E-state index contributed by atoms with van der Waals surface area (Å²) in [7, 11) is 0. The van der Waals surface area contributed by atoms with Crippen molar-refractivity contribution in [2.45, 2.75) is 275 Å². The van der Waals surface area contributed by atoms with Gasteiger partial charge in [-0.05, 0) is 38.5 Å². The fourth-order valence-corrected chi connectivity index (χ4v) is 7.92. The number of rotatable bonds is 41. The van der Waals surface area contributed by atoms with Crippen LogP contribution in [0.2, 0.25) is 0 Å². The zero-order chi connectivity index (χ0) is 41.6. The molecule has 0 radical (unpaired) electrons. The first-order valence-corrected chi connectivity index (χ1v) is 24.4. The van der Waals surface area contributed by atoms with Gasteiger partial charge in [0.2, 0.25) is 5.91 Å². The quantitative estimate of drug-likeness (QED) is 0.0264. The van der Waals surface area contributed by atoms with E-state index in [9.17, 15) is 30.3 Å². The minimum atomic E-state index is -1.55.